The Morgan fingerprint density at radius 2 is 1.30 bits per heavy atom. The predicted octanol–water partition coefficient (Wildman–Crippen LogP) is 3.12. The normalized spacial score (nSPS) is 18.9. The summed E-state index contributed by atoms with van der Waals surface area (Å²) in [6.45, 7) is 17.7. The van der Waals surface area contributed by atoms with Crippen LogP contribution in [0.3, 0.4) is 0 Å². The van der Waals surface area contributed by atoms with Gasteiger partial charge < -0.3 is 58.9 Å². The molecule has 9 atom stereocenters. The van der Waals surface area contributed by atoms with Crippen molar-refractivity contribution in [3.05, 3.63) is 35.9 Å². The lowest BCUT2D eigenvalue weighted by atomic mass is 9.89. The van der Waals surface area contributed by atoms with Crippen molar-refractivity contribution >= 4 is 51.4 Å². The molecule has 4 rings (SSSR count). The molecule has 4 N–H and O–H groups in total. The van der Waals surface area contributed by atoms with Crippen molar-refractivity contribution < 1.29 is 75.5 Å². The number of methoxy groups -OCH3 is 2. The molecule has 2 saturated heterocycles. The number of likely N-dealkylation sites (N-methyl/N-ethyl adjacent to an activating group) is 2. The van der Waals surface area contributed by atoms with Gasteiger partial charge in [0.2, 0.25) is 39.6 Å². The first-order valence-corrected chi connectivity index (χ1v) is 31.4. The summed E-state index contributed by atoms with van der Waals surface area (Å²) in [5.74, 6) is -4.87. The number of likely N-dealkylation sites (tertiary alicyclic amines) is 2. The zero-order chi connectivity index (χ0) is 61.4. The van der Waals surface area contributed by atoms with E-state index >= 15 is 0 Å². The Labute approximate surface area is 493 Å². The van der Waals surface area contributed by atoms with Crippen molar-refractivity contribution in [2.45, 2.75) is 160 Å². The number of carbonyl (C=O) groups is 7. The minimum atomic E-state index is -3.89. The molecule has 2 heterocycles. The highest BCUT2D eigenvalue weighted by Crippen LogP contribution is 2.31. The van der Waals surface area contributed by atoms with Crippen LogP contribution in [0, 0.1) is 29.6 Å². The lowest BCUT2D eigenvalue weighted by Crippen LogP contribution is -2.60. The minimum Gasteiger partial charge on any atom is -0.481 e. The molecule has 1 aromatic carbocycles. The Morgan fingerprint density at radius 1 is 0.711 bits per heavy atom. The lowest BCUT2D eigenvalue weighted by Gasteiger charge is -2.41. The number of carboxylic acid groups (broad SMARTS) is 1. The predicted molar refractivity (Wildman–Crippen MR) is 311 cm³/mol. The highest BCUT2D eigenvalue weighted by molar-refractivity contribution is 7.90. The Kier molecular flexibility index (Phi) is 30.3. The Bertz CT molecular complexity index is 2300. The number of sulfonamides is 1. The summed E-state index contributed by atoms with van der Waals surface area (Å²) in [5, 5.41) is 14.4. The average molecular weight is 1190 g/mol. The molecule has 1 unspecified atom stereocenters. The molecule has 3 aliphatic rings. The van der Waals surface area contributed by atoms with Gasteiger partial charge in [-0.15, -0.1) is 0 Å². The van der Waals surface area contributed by atoms with E-state index in [1.807, 2.05) is 59.6 Å². The van der Waals surface area contributed by atoms with Gasteiger partial charge in [0.05, 0.1) is 113 Å². The van der Waals surface area contributed by atoms with Gasteiger partial charge in [-0.1, -0.05) is 85.2 Å². The number of hydrogen-bond donors (Lipinski definition) is 4. The second-order valence-electron chi connectivity index (χ2n) is 23.1. The largest absolute Gasteiger partial charge is 0.481 e. The number of ether oxygens (including phenoxy) is 6. The van der Waals surface area contributed by atoms with E-state index in [4.69, 9.17) is 33.5 Å². The molecule has 1 aliphatic carbocycles. The molecule has 0 aromatic heterocycles. The molecule has 0 spiro atoms. The van der Waals surface area contributed by atoms with Gasteiger partial charge in [-0.05, 0) is 68.9 Å². The number of nitrogens with one attached hydrogen (secondary N) is 3. The third-order valence-electron chi connectivity index (χ3n) is 16.3. The maximum absolute atomic E-state index is 14.7. The molecule has 2 aliphatic heterocycles. The molecule has 83 heavy (non-hydrogen) atoms. The number of carbonyl (C=O) groups excluding carboxylic acids is 6. The highest BCUT2D eigenvalue weighted by Gasteiger charge is 2.44. The van der Waals surface area contributed by atoms with Crippen molar-refractivity contribution in [3.63, 3.8) is 0 Å². The fourth-order valence-electron chi connectivity index (χ4n) is 11.1. The monoisotopic (exact) mass is 1190 g/mol. The van der Waals surface area contributed by atoms with Crippen LogP contribution >= 0.6 is 0 Å². The topological polar surface area (TPSA) is 278 Å². The SMILES string of the molecule is CC[C@H](C)[C@@H]([C@@H](CC(=O)N1CCC[C@H]1[C@H](OC)[C@@H](C)C(=O)N[C@@H](Cc1ccccc1)C(=O)NS(=O)(=O)C1CC1)OC)N(C)C(=O)[C@@H](NC(=O)C(C(C)C)N(C)CCOCCOCCOCCOCCC(=O)N1CCC(C(=O)O)CC1)C(C)C. The van der Waals surface area contributed by atoms with E-state index in [1.54, 1.807) is 52.9 Å². The minimum absolute atomic E-state index is 0.0377. The number of nitrogens with zero attached hydrogens (tertiary/aromatic N) is 4. The summed E-state index contributed by atoms with van der Waals surface area (Å²) in [4.78, 5) is 101. The van der Waals surface area contributed by atoms with Gasteiger partial charge in [0.1, 0.15) is 12.1 Å². The van der Waals surface area contributed by atoms with E-state index in [-0.39, 0.29) is 73.2 Å². The Morgan fingerprint density at radius 3 is 1.83 bits per heavy atom. The highest BCUT2D eigenvalue weighted by atomic mass is 32.2. The lowest BCUT2D eigenvalue weighted by molar-refractivity contribution is -0.148. The van der Waals surface area contributed by atoms with Crippen molar-refractivity contribution in [1.29, 1.82) is 0 Å². The molecule has 472 valence electrons. The van der Waals surface area contributed by atoms with Crippen LogP contribution in [0.1, 0.15) is 112 Å². The number of aliphatic carboxylic acids is 1. The van der Waals surface area contributed by atoms with Crippen LogP contribution in [0.25, 0.3) is 0 Å². The summed E-state index contributed by atoms with van der Waals surface area (Å²) < 4.78 is 62.4. The van der Waals surface area contributed by atoms with Gasteiger partial charge in [-0.25, -0.2) is 8.42 Å². The molecule has 3 fully saturated rings. The maximum atomic E-state index is 14.7. The van der Waals surface area contributed by atoms with Crippen LogP contribution in [-0.2, 0) is 78.4 Å². The van der Waals surface area contributed by atoms with E-state index in [0.717, 1.165) is 5.56 Å². The fourth-order valence-corrected chi connectivity index (χ4v) is 12.5. The van der Waals surface area contributed by atoms with Crippen LogP contribution < -0.4 is 15.4 Å². The Balaban J connectivity index is 1.26. The molecule has 24 heteroatoms. The van der Waals surface area contributed by atoms with Crippen molar-refractivity contribution in [2.75, 3.05) is 107 Å². The number of carboxylic acids is 1. The third-order valence-corrected chi connectivity index (χ3v) is 18.2. The zero-order valence-corrected chi connectivity index (χ0v) is 52.0. The van der Waals surface area contributed by atoms with Crippen LogP contribution in [-0.4, -0.2) is 230 Å². The van der Waals surface area contributed by atoms with Gasteiger partial charge in [0.25, 0.3) is 5.91 Å². The van der Waals surface area contributed by atoms with Gasteiger partial charge in [-0.3, -0.25) is 43.2 Å². The summed E-state index contributed by atoms with van der Waals surface area (Å²) in [6.07, 6.45) is 2.37. The van der Waals surface area contributed by atoms with E-state index in [2.05, 4.69) is 15.4 Å². The first-order chi connectivity index (χ1) is 39.5. The van der Waals surface area contributed by atoms with Gasteiger partial charge >= 0.3 is 5.97 Å². The van der Waals surface area contributed by atoms with E-state index in [0.29, 0.717) is 117 Å². The summed E-state index contributed by atoms with van der Waals surface area (Å²) in [5.41, 5.74) is 0.724. The zero-order valence-electron chi connectivity index (χ0n) is 51.2. The molecule has 1 aromatic rings. The first kappa shape index (κ1) is 70.7. The average Bonchev–Trinajstić information content (AvgIpc) is 4.23. The molecule has 23 nitrogen and oxygen atoms in total. The Hall–Kier alpha value is -4.82. The number of amides is 6. The smallest absolute Gasteiger partial charge is 0.306 e. The van der Waals surface area contributed by atoms with Gasteiger partial charge in [0.15, 0.2) is 0 Å². The summed E-state index contributed by atoms with van der Waals surface area (Å²) in [7, 11) is 2.63. The summed E-state index contributed by atoms with van der Waals surface area (Å²) >= 11 is 0. The van der Waals surface area contributed by atoms with Crippen LogP contribution in [0.4, 0.5) is 0 Å². The van der Waals surface area contributed by atoms with E-state index < -0.39 is 81.4 Å². The van der Waals surface area contributed by atoms with Crippen LogP contribution in [0.2, 0.25) is 0 Å². The summed E-state index contributed by atoms with van der Waals surface area (Å²) in [6, 6.07) is 5.21. The van der Waals surface area contributed by atoms with Crippen LogP contribution in [0.15, 0.2) is 30.3 Å². The standard InChI is InChI=1S/C59H99N7O16S/c1-12-41(6)53(48(77-10)38-50(68)66-25-16-19-47(66)54(78-11)42(7)55(69)60-46(37-43-17-14-13-15-18-43)56(70)62-83(75,76)45-20-21-45)64(9)58(72)51(39(2)3)61-57(71)52(40(4)5)63(8)28-30-80-32-34-82-36-35-81-33-31-79-29-24-49(67)65-26-22-44(23-27-65)59(73)74/h13-15,17-18,39-42,44-48,51-54H,12,16,19-38H2,1-11H3,(H,60,69)(H,61,71)(H,62,70)(H,73,74)/t41-,42+,46-,47-,48+,51-,52?,53-,54+/m0/s1. The second kappa shape index (κ2) is 35.6. The second-order valence-corrected chi connectivity index (χ2v) is 25.1. The number of benzene rings is 1. The fraction of sp³-hybridized carbons (Fsp3) is 0.780. The number of rotatable bonds is 39. The van der Waals surface area contributed by atoms with Crippen molar-refractivity contribution in [1.82, 2.24) is 35.0 Å². The molecule has 1 saturated carbocycles. The van der Waals surface area contributed by atoms with Crippen LogP contribution in [0.5, 0.6) is 0 Å². The number of hydrogen-bond acceptors (Lipinski definition) is 16. The molecule has 0 radical (unpaired) electrons. The van der Waals surface area contributed by atoms with E-state index in [1.165, 1.54) is 14.2 Å². The van der Waals surface area contributed by atoms with Gasteiger partial charge in [-0.2, -0.15) is 0 Å². The number of piperidine rings is 1. The molecule has 6 amide bonds. The first-order valence-electron chi connectivity index (χ1n) is 29.8. The third kappa shape index (κ3) is 22.2. The van der Waals surface area contributed by atoms with E-state index in [9.17, 15) is 42.0 Å². The molecular weight excluding hydrogens is 1090 g/mol. The maximum Gasteiger partial charge on any atom is 0.306 e. The van der Waals surface area contributed by atoms with Crippen molar-refractivity contribution in [2.24, 2.45) is 29.6 Å². The van der Waals surface area contributed by atoms with Gasteiger partial charge in [0, 0.05) is 53.9 Å². The van der Waals surface area contributed by atoms with Crippen molar-refractivity contribution in [3.8, 4) is 0 Å². The molecule has 0 bridgehead atoms. The quantitative estimate of drug-likeness (QED) is 0.0689. The molecular formula is C59H99N7O16S.